The first-order valence-electron chi connectivity index (χ1n) is 5.53. The summed E-state index contributed by atoms with van der Waals surface area (Å²) in [6.07, 6.45) is 5.08. The van der Waals surface area contributed by atoms with E-state index in [-0.39, 0.29) is 0 Å². The molecule has 1 aromatic rings. The molecule has 1 fully saturated rings. The van der Waals surface area contributed by atoms with E-state index in [0.29, 0.717) is 5.41 Å². The van der Waals surface area contributed by atoms with E-state index in [1.807, 2.05) is 0 Å². The molecule has 0 saturated heterocycles. The van der Waals surface area contributed by atoms with Crippen LogP contribution in [0.1, 0.15) is 38.2 Å². The van der Waals surface area contributed by atoms with Crippen LogP contribution in [0, 0.1) is 0 Å². The zero-order valence-electron chi connectivity index (χ0n) is 8.92. The highest BCUT2D eigenvalue weighted by Crippen LogP contribution is 2.56. The Morgan fingerprint density at radius 3 is 2.43 bits per heavy atom. The lowest BCUT2D eigenvalue weighted by Crippen LogP contribution is -2.06. The Bertz CT molecular complexity index is 323. The van der Waals surface area contributed by atoms with Crippen LogP contribution in [-0.4, -0.2) is 0 Å². The zero-order valence-corrected chi connectivity index (χ0v) is 8.92. The second-order valence-corrected chi connectivity index (χ2v) is 4.33. The monoisotopic (exact) mass is 186 g/mol. The van der Waals surface area contributed by atoms with Gasteiger partial charge in [0.2, 0.25) is 0 Å². The summed E-state index contributed by atoms with van der Waals surface area (Å²) < 4.78 is 0. The predicted octanol–water partition coefficient (Wildman–Crippen LogP) is 4.07. The maximum absolute atomic E-state index is 4.15. The molecule has 1 aromatic carbocycles. The smallest absolute Gasteiger partial charge is 0.0196 e. The van der Waals surface area contributed by atoms with Crippen molar-refractivity contribution in [2.45, 2.75) is 38.0 Å². The molecule has 1 saturated carbocycles. The van der Waals surface area contributed by atoms with Crippen molar-refractivity contribution < 1.29 is 0 Å². The van der Waals surface area contributed by atoms with Crippen LogP contribution in [0.15, 0.2) is 42.5 Å². The SMILES string of the molecule is C=C1C[C@]1(CCCC)c1ccccc1. The number of rotatable bonds is 4. The van der Waals surface area contributed by atoms with Crippen LogP contribution in [0.25, 0.3) is 0 Å². The fourth-order valence-corrected chi connectivity index (χ4v) is 2.27. The van der Waals surface area contributed by atoms with Gasteiger partial charge in [-0.1, -0.05) is 62.2 Å². The van der Waals surface area contributed by atoms with Crippen molar-refractivity contribution in [3.05, 3.63) is 48.0 Å². The van der Waals surface area contributed by atoms with E-state index in [0.717, 1.165) is 0 Å². The number of hydrogen-bond acceptors (Lipinski definition) is 0. The van der Waals surface area contributed by atoms with Crippen molar-refractivity contribution in [2.24, 2.45) is 0 Å². The van der Waals surface area contributed by atoms with E-state index < -0.39 is 0 Å². The highest BCUT2D eigenvalue weighted by Gasteiger charge is 2.47. The van der Waals surface area contributed by atoms with Crippen LogP contribution in [0.3, 0.4) is 0 Å². The van der Waals surface area contributed by atoms with Gasteiger partial charge in [0.25, 0.3) is 0 Å². The Morgan fingerprint density at radius 1 is 1.29 bits per heavy atom. The molecule has 2 rings (SSSR count). The number of allylic oxidation sites excluding steroid dienone is 1. The molecule has 0 radical (unpaired) electrons. The van der Waals surface area contributed by atoms with Crippen molar-refractivity contribution in [2.75, 3.05) is 0 Å². The third-order valence-electron chi connectivity index (χ3n) is 3.35. The summed E-state index contributed by atoms with van der Waals surface area (Å²) in [4.78, 5) is 0. The fourth-order valence-electron chi connectivity index (χ4n) is 2.27. The topological polar surface area (TPSA) is 0 Å². The first kappa shape index (κ1) is 9.51. The highest BCUT2D eigenvalue weighted by molar-refractivity contribution is 5.48. The summed E-state index contributed by atoms with van der Waals surface area (Å²) in [6, 6.07) is 10.8. The Balaban J connectivity index is 2.18. The molecule has 0 N–H and O–H groups in total. The summed E-state index contributed by atoms with van der Waals surface area (Å²) in [5, 5.41) is 0. The molecule has 0 aromatic heterocycles. The maximum atomic E-state index is 4.15. The van der Waals surface area contributed by atoms with Crippen LogP contribution in [0.2, 0.25) is 0 Å². The summed E-state index contributed by atoms with van der Waals surface area (Å²) >= 11 is 0. The van der Waals surface area contributed by atoms with Gasteiger partial charge < -0.3 is 0 Å². The highest BCUT2D eigenvalue weighted by atomic mass is 14.5. The average Bonchev–Trinajstić information content (AvgIpc) is 2.89. The van der Waals surface area contributed by atoms with Crippen LogP contribution in [0.5, 0.6) is 0 Å². The summed E-state index contributed by atoms with van der Waals surface area (Å²) in [5.74, 6) is 0. The minimum Gasteiger partial charge on any atom is -0.0989 e. The zero-order chi connectivity index (χ0) is 10.0. The largest absolute Gasteiger partial charge is 0.0989 e. The number of hydrogen-bond donors (Lipinski definition) is 0. The van der Waals surface area contributed by atoms with Gasteiger partial charge in [-0.25, -0.2) is 0 Å². The fraction of sp³-hybridized carbons (Fsp3) is 0.429. The molecule has 0 bridgehead atoms. The first-order chi connectivity index (χ1) is 6.79. The van der Waals surface area contributed by atoms with Gasteiger partial charge in [-0.2, -0.15) is 0 Å². The molecule has 0 heterocycles. The van der Waals surface area contributed by atoms with E-state index in [2.05, 4.69) is 43.8 Å². The third-order valence-corrected chi connectivity index (χ3v) is 3.35. The number of unbranched alkanes of at least 4 members (excludes halogenated alkanes) is 1. The van der Waals surface area contributed by atoms with E-state index in [4.69, 9.17) is 0 Å². The van der Waals surface area contributed by atoms with Gasteiger partial charge in [0, 0.05) is 5.41 Å². The average molecular weight is 186 g/mol. The summed E-state index contributed by atoms with van der Waals surface area (Å²) in [6.45, 7) is 6.40. The molecular formula is C14H18. The van der Waals surface area contributed by atoms with Gasteiger partial charge in [-0.15, -0.1) is 0 Å². The molecule has 0 heteroatoms. The van der Waals surface area contributed by atoms with Gasteiger partial charge in [0.1, 0.15) is 0 Å². The lowest BCUT2D eigenvalue weighted by molar-refractivity contribution is 0.594. The van der Waals surface area contributed by atoms with E-state index >= 15 is 0 Å². The minimum atomic E-state index is 0.358. The van der Waals surface area contributed by atoms with Gasteiger partial charge >= 0.3 is 0 Å². The van der Waals surface area contributed by atoms with Gasteiger partial charge in [0.15, 0.2) is 0 Å². The molecule has 74 valence electrons. The number of benzene rings is 1. The van der Waals surface area contributed by atoms with Crippen molar-refractivity contribution in [1.29, 1.82) is 0 Å². The van der Waals surface area contributed by atoms with Crippen molar-refractivity contribution in [3.63, 3.8) is 0 Å². The Labute approximate surface area is 86.7 Å². The van der Waals surface area contributed by atoms with Gasteiger partial charge in [-0.05, 0) is 18.4 Å². The molecule has 1 aliphatic rings. The second kappa shape index (κ2) is 3.61. The molecule has 1 atom stereocenters. The van der Waals surface area contributed by atoms with E-state index in [1.54, 1.807) is 0 Å². The molecule has 0 nitrogen and oxygen atoms in total. The summed E-state index contributed by atoms with van der Waals surface area (Å²) in [7, 11) is 0. The third kappa shape index (κ3) is 1.50. The minimum absolute atomic E-state index is 0.358. The molecule has 14 heavy (non-hydrogen) atoms. The predicted molar refractivity (Wildman–Crippen MR) is 61.4 cm³/mol. The molecule has 0 unspecified atom stereocenters. The van der Waals surface area contributed by atoms with Gasteiger partial charge in [0.05, 0.1) is 0 Å². The standard InChI is InChI=1S/C14H18/c1-3-4-10-14(11-12(14)2)13-8-6-5-7-9-13/h5-9H,2-4,10-11H2,1H3/t14-/m0/s1. The van der Waals surface area contributed by atoms with Crippen LogP contribution >= 0.6 is 0 Å². The van der Waals surface area contributed by atoms with Crippen LogP contribution in [0.4, 0.5) is 0 Å². The maximum Gasteiger partial charge on any atom is 0.0196 e. The second-order valence-electron chi connectivity index (χ2n) is 4.33. The summed E-state index contributed by atoms with van der Waals surface area (Å²) in [5.41, 5.74) is 3.26. The quantitative estimate of drug-likeness (QED) is 0.622. The normalized spacial score (nSPS) is 25.1. The Hall–Kier alpha value is -1.04. The van der Waals surface area contributed by atoms with Crippen LogP contribution < -0.4 is 0 Å². The lowest BCUT2D eigenvalue weighted by atomic mass is 9.90. The van der Waals surface area contributed by atoms with Crippen molar-refractivity contribution >= 4 is 0 Å². The molecule has 0 spiro atoms. The molecular weight excluding hydrogens is 168 g/mol. The first-order valence-corrected chi connectivity index (χ1v) is 5.53. The molecule has 1 aliphatic carbocycles. The lowest BCUT2D eigenvalue weighted by Gasteiger charge is -2.14. The van der Waals surface area contributed by atoms with E-state index in [1.165, 1.54) is 36.8 Å². The van der Waals surface area contributed by atoms with Crippen molar-refractivity contribution in [1.82, 2.24) is 0 Å². The molecule has 0 amide bonds. The Kier molecular flexibility index (Phi) is 2.45. The Morgan fingerprint density at radius 2 is 1.93 bits per heavy atom. The molecule has 0 aliphatic heterocycles. The van der Waals surface area contributed by atoms with Crippen molar-refractivity contribution in [3.8, 4) is 0 Å². The van der Waals surface area contributed by atoms with E-state index in [9.17, 15) is 0 Å². The van der Waals surface area contributed by atoms with Gasteiger partial charge in [-0.3, -0.25) is 0 Å². The van der Waals surface area contributed by atoms with Crippen LogP contribution in [-0.2, 0) is 5.41 Å².